The number of hydrogen-bond acceptors (Lipinski definition) is 5. The predicted molar refractivity (Wildman–Crippen MR) is 148 cm³/mol. The summed E-state index contributed by atoms with van der Waals surface area (Å²) in [6, 6.07) is 17.3. The Balaban J connectivity index is 1.79. The van der Waals surface area contributed by atoms with Crippen LogP contribution in [0.2, 0.25) is 10.0 Å². The lowest BCUT2D eigenvalue weighted by atomic mass is 10.1. The van der Waals surface area contributed by atoms with E-state index in [9.17, 15) is 9.59 Å². The van der Waals surface area contributed by atoms with Crippen molar-refractivity contribution in [1.82, 2.24) is 0 Å². The fraction of sp³-hybridized carbons (Fsp3) is 0.0417. The van der Waals surface area contributed by atoms with Crippen LogP contribution in [0.15, 0.2) is 79.5 Å². The van der Waals surface area contributed by atoms with Gasteiger partial charge in [-0.15, -0.1) is 0 Å². The van der Waals surface area contributed by atoms with E-state index >= 15 is 0 Å². The standard InChI is InChI=1S/C24H14Br2Cl2N2O4S/c25-14-9-13(22(19(26)11-14)34-12-21(31)32)10-20-23(33)30(18-7-3-16(28)4-8-18)24(35-20)29-17-5-1-15(27)2-6-17/h1-11H,12H2,(H,31,32)/b20-10-,29-24?. The molecule has 11 heteroatoms. The first-order valence-electron chi connectivity index (χ1n) is 9.89. The molecule has 1 aliphatic rings. The number of carbonyl (C=O) groups is 2. The summed E-state index contributed by atoms with van der Waals surface area (Å²) < 4.78 is 6.75. The molecular formula is C24H14Br2Cl2N2O4S. The van der Waals surface area contributed by atoms with Gasteiger partial charge in [-0.1, -0.05) is 39.1 Å². The minimum absolute atomic E-state index is 0.301. The Morgan fingerprint density at radius 1 is 1.06 bits per heavy atom. The molecule has 3 aromatic carbocycles. The summed E-state index contributed by atoms with van der Waals surface area (Å²) in [5.41, 5.74) is 1.74. The Bertz CT molecular complexity index is 1360. The number of carboxylic acid groups (broad SMARTS) is 1. The number of rotatable bonds is 6. The van der Waals surface area contributed by atoms with E-state index in [1.165, 1.54) is 16.7 Å². The highest BCUT2D eigenvalue weighted by molar-refractivity contribution is 9.11. The van der Waals surface area contributed by atoms with Crippen molar-refractivity contribution in [3.8, 4) is 5.75 Å². The van der Waals surface area contributed by atoms with E-state index in [0.717, 1.165) is 4.47 Å². The maximum absolute atomic E-state index is 13.5. The van der Waals surface area contributed by atoms with E-state index in [0.29, 0.717) is 47.3 Å². The first kappa shape index (κ1) is 25.8. The zero-order valence-corrected chi connectivity index (χ0v) is 23.0. The molecule has 0 radical (unpaired) electrons. The minimum atomic E-state index is -1.11. The third-order valence-corrected chi connectivity index (χ3v) is 7.13. The second-order valence-corrected chi connectivity index (χ2v) is 10.7. The van der Waals surface area contributed by atoms with Crippen LogP contribution in [0.4, 0.5) is 11.4 Å². The van der Waals surface area contributed by atoms with Crippen molar-refractivity contribution in [2.75, 3.05) is 11.5 Å². The highest BCUT2D eigenvalue weighted by Crippen LogP contribution is 2.40. The first-order chi connectivity index (χ1) is 16.7. The summed E-state index contributed by atoms with van der Waals surface area (Å²) in [5, 5.41) is 10.6. The summed E-state index contributed by atoms with van der Waals surface area (Å²) >= 11 is 20.1. The number of carboxylic acids is 1. The number of anilines is 1. The number of carbonyl (C=O) groups excluding carboxylic acids is 1. The summed E-state index contributed by atoms with van der Waals surface area (Å²) in [4.78, 5) is 31.1. The second kappa shape index (κ2) is 11.2. The number of aliphatic imine (C=N–C) groups is 1. The van der Waals surface area contributed by atoms with Crippen LogP contribution in [0.5, 0.6) is 5.75 Å². The number of ether oxygens (including phenoxy) is 1. The number of halogens is 4. The molecule has 178 valence electrons. The van der Waals surface area contributed by atoms with Crippen LogP contribution in [-0.4, -0.2) is 28.8 Å². The molecule has 35 heavy (non-hydrogen) atoms. The van der Waals surface area contributed by atoms with Crippen molar-refractivity contribution in [2.24, 2.45) is 4.99 Å². The van der Waals surface area contributed by atoms with Crippen LogP contribution in [0.1, 0.15) is 5.56 Å². The molecule has 4 rings (SSSR count). The van der Waals surface area contributed by atoms with Gasteiger partial charge in [0.1, 0.15) is 5.75 Å². The molecule has 6 nitrogen and oxygen atoms in total. The average molecular weight is 657 g/mol. The molecular weight excluding hydrogens is 643 g/mol. The molecule has 3 aromatic rings. The third-order valence-electron chi connectivity index (χ3n) is 4.61. The van der Waals surface area contributed by atoms with Crippen molar-refractivity contribution in [3.63, 3.8) is 0 Å². The van der Waals surface area contributed by atoms with Crippen molar-refractivity contribution >= 4 is 101 Å². The number of amides is 1. The van der Waals surface area contributed by atoms with Gasteiger partial charge in [-0.2, -0.15) is 0 Å². The topological polar surface area (TPSA) is 79.2 Å². The molecule has 1 heterocycles. The molecule has 1 amide bonds. The van der Waals surface area contributed by atoms with Gasteiger partial charge in [-0.25, -0.2) is 9.79 Å². The number of benzene rings is 3. The van der Waals surface area contributed by atoms with Crippen LogP contribution in [0, 0.1) is 0 Å². The molecule has 1 saturated heterocycles. The smallest absolute Gasteiger partial charge is 0.341 e. The average Bonchev–Trinajstić information content (AvgIpc) is 3.09. The Hall–Kier alpha value is -2.30. The molecule has 1 fully saturated rings. The quantitative estimate of drug-likeness (QED) is 0.274. The monoisotopic (exact) mass is 654 g/mol. The summed E-state index contributed by atoms with van der Waals surface area (Å²) in [7, 11) is 0. The van der Waals surface area contributed by atoms with Crippen molar-refractivity contribution in [2.45, 2.75) is 0 Å². The lowest BCUT2D eigenvalue weighted by molar-refractivity contribution is -0.139. The fourth-order valence-electron chi connectivity index (χ4n) is 3.11. The largest absolute Gasteiger partial charge is 0.480 e. The molecule has 1 aliphatic heterocycles. The second-order valence-electron chi connectivity index (χ2n) is 7.09. The molecule has 0 aromatic heterocycles. The van der Waals surface area contributed by atoms with Gasteiger partial charge >= 0.3 is 5.97 Å². The highest BCUT2D eigenvalue weighted by Gasteiger charge is 2.35. The van der Waals surface area contributed by atoms with Gasteiger partial charge in [0.2, 0.25) is 0 Å². The van der Waals surface area contributed by atoms with Crippen molar-refractivity contribution < 1.29 is 19.4 Å². The van der Waals surface area contributed by atoms with E-state index in [-0.39, 0.29) is 5.91 Å². The van der Waals surface area contributed by atoms with Crippen LogP contribution in [-0.2, 0) is 9.59 Å². The van der Waals surface area contributed by atoms with E-state index < -0.39 is 12.6 Å². The van der Waals surface area contributed by atoms with E-state index in [4.69, 9.17) is 33.0 Å². The number of nitrogens with zero attached hydrogens (tertiary/aromatic N) is 2. The van der Waals surface area contributed by atoms with Crippen LogP contribution >= 0.6 is 66.8 Å². The Labute approximate surface area is 231 Å². The Kier molecular flexibility index (Phi) is 8.23. The van der Waals surface area contributed by atoms with E-state index in [2.05, 4.69) is 36.9 Å². The van der Waals surface area contributed by atoms with Gasteiger partial charge in [-0.3, -0.25) is 9.69 Å². The minimum Gasteiger partial charge on any atom is -0.480 e. The summed E-state index contributed by atoms with van der Waals surface area (Å²) in [6.07, 6.45) is 1.65. The number of aliphatic carboxylic acids is 1. The Morgan fingerprint density at radius 3 is 2.31 bits per heavy atom. The fourth-order valence-corrected chi connectivity index (χ4v) is 5.72. The molecule has 0 aliphatic carbocycles. The summed E-state index contributed by atoms with van der Waals surface area (Å²) in [6.45, 7) is -0.530. The zero-order chi connectivity index (χ0) is 25.1. The number of amidine groups is 1. The lowest BCUT2D eigenvalue weighted by Gasteiger charge is -2.15. The van der Waals surface area contributed by atoms with Gasteiger partial charge < -0.3 is 9.84 Å². The molecule has 0 bridgehead atoms. The lowest BCUT2D eigenvalue weighted by Crippen LogP contribution is -2.28. The Morgan fingerprint density at radius 2 is 1.69 bits per heavy atom. The van der Waals surface area contributed by atoms with Crippen molar-refractivity contribution in [1.29, 1.82) is 0 Å². The zero-order valence-electron chi connectivity index (χ0n) is 17.5. The van der Waals surface area contributed by atoms with Crippen LogP contribution < -0.4 is 9.64 Å². The molecule has 0 saturated carbocycles. The van der Waals surface area contributed by atoms with Gasteiger partial charge in [0.15, 0.2) is 11.8 Å². The van der Waals surface area contributed by atoms with Gasteiger partial charge in [0.05, 0.1) is 20.8 Å². The molecule has 1 N–H and O–H groups in total. The molecule has 0 unspecified atom stereocenters. The maximum atomic E-state index is 13.5. The number of thioether (sulfide) groups is 1. The van der Waals surface area contributed by atoms with Gasteiger partial charge in [-0.05, 0) is 94.4 Å². The van der Waals surface area contributed by atoms with Gasteiger partial charge in [0.25, 0.3) is 5.91 Å². The molecule has 0 spiro atoms. The normalized spacial score (nSPS) is 15.8. The van der Waals surface area contributed by atoms with Crippen molar-refractivity contribution in [3.05, 3.63) is 90.1 Å². The van der Waals surface area contributed by atoms with E-state index in [1.54, 1.807) is 66.7 Å². The maximum Gasteiger partial charge on any atom is 0.341 e. The highest BCUT2D eigenvalue weighted by atomic mass is 79.9. The van der Waals surface area contributed by atoms with Crippen LogP contribution in [0.3, 0.4) is 0 Å². The number of hydrogen-bond donors (Lipinski definition) is 1. The van der Waals surface area contributed by atoms with Gasteiger partial charge in [0, 0.05) is 20.1 Å². The third kappa shape index (κ3) is 6.29. The first-order valence-corrected chi connectivity index (χ1v) is 13.0. The van der Waals surface area contributed by atoms with E-state index in [1.807, 2.05) is 0 Å². The SMILES string of the molecule is O=C(O)COc1c(Br)cc(Br)cc1/C=C1\SC(=Nc2ccc(Cl)cc2)N(c2ccc(Cl)cc2)C1=O. The predicted octanol–water partition coefficient (Wildman–Crippen LogP) is 7.79. The summed E-state index contributed by atoms with van der Waals surface area (Å²) in [5.74, 6) is -1.11. The van der Waals surface area contributed by atoms with Crippen LogP contribution in [0.25, 0.3) is 6.08 Å². The molecule has 0 atom stereocenters.